The van der Waals surface area contributed by atoms with Gasteiger partial charge in [-0.1, -0.05) is 72.4 Å². The molecule has 2 N–H and O–H groups in total. The van der Waals surface area contributed by atoms with Crippen LogP contribution in [0.3, 0.4) is 0 Å². The number of carbonyl (C=O) groups excluding carboxylic acids is 1. The number of benzene rings is 2. The molecular formula is C17H19NO2S. The van der Waals surface area contributed by atoms with Crippen molar-refractivity contribution in [2.75, 3.05) is 13.2 Å². The van der Waals surface area contributed by atoms with E-state index in [9.17, 15) is 4.79 Å². The van der Waals surface area contributed by atoms with Crippen LogP contribution in [-0.4, -0.2) is 23.5 Å². The van der Waals surface area contributed by atoms with Gasteiger partial charge in [0.25, 0.3) is 5.24 Å². The summed E-state index contributed by atoms with van der Waals surface area (Å²) in [5.41, 5.74) is 2.33. The third-order valence-corrected chi connectivity index (χ3v) is 4.15. The van der Waals surface area contributed by atoms with Crippen LogP contribution in [0.5, 0.6) is 0 Å². The number of aliphatic hydroxyl groups is 1. The minimum Gasteiger partial charge on any atom is -0.395 e. The molecule has 1 atom stereocenters. The molecule has 2 aromatic rings. The Labute approximate surface area is 129 Å². The normalized spacial score (nSPS) is 11.9. The smallest absolute Gasteiger partial charge is 0.279 e. The Bertz CT molecular complexity index is 545. The van der Waals surface area contributed by atoms with E-state index in [0.717, 1.165) is 12.0 Å². The average Bonchev–Trinajstić information content (AvgIpc) is 2.54. The van der Waals surface area contributed by atoms with Crippen LogP contribution >= 0.6 is 11.8 Å². The van der Waals surface area contributed by atoms with E-state index in [1.165, 1.54) is 17.3 Å². The fourth-order valence-electron chi connectivity index (χ4n) is 2.05. The van der Waals surface area contributed by atoms with Crippen LogP contribution in [0.4, 0.5) is 4.79 Å². The van der Waals surface area contributed by atoms with Crippen LogP contribution in [0.15, 0.2) is 60.7 Å². The second kappa shape index (κ2) is 8.49. The molecule has 21 heavy (non-hydrogen) atoms. The van der Waals surface area contributed by atoms with Crippen molar-refractivity contribution in [1.29, 1.82) is 0 Å². The first-order valence-corrected chi connectivity index (χ1v) is 7.82. The van der Waals surface area contributed by atoms with Gasteiger partial charge in [-0.05, 0) is 17.5 Å². The summed E-state index contributed by atoms with van der Waals surface area (Å²) in [6.07, 6.45) is 0.794. The molecule has 0 aromatic heterocycles. The first-order valence-electron chi connectivity index (χ1n) is 6.94. The number of carbonyl (C=O) groups is 1. The second-order valence-electron chi connectivity index (χ2n) is 4.64. The van der Waals surface area contributed by atoms with Crippen LogP contribution in [0, 0.1) is 0 Å². The molecule has 110 valence electrons. The fraction of sp³-hybridized carbons (Fsp3) is 0.235. The number of amides is 1. The topological polar surface area (TPSA) is 49.3 Å². The van der Waals surface area contributed by atoms with Gasteiger partial charge in [-0.25, -0.2) is 0 Å². The molecule has 0 aliphatic rings. The minimum atomic E-state index is -0.103. The number of nitrogens with one attached hydrogen (secondary N) is 1. The van der Waals surface area contributed by atoms with Crippen LogP contribution < -0.4 is 5.32 Å². The third-order valence-electron chi connectivity index (χ3n) is 3.07. The summed E-state index contributed by atoms with van der Waals surface area (Å²) in [5.74, 6) is 0. The second-order valence-corrected chi connectivity index (χ2v) is 5.82. The zero-order chi connectivity index (χ0) is 14.9. The van der Waals surface area contributed by atoms with Crippen molar-refractivity contribution in [2.24, 2.45) is 0 Å². The highest BCUT2D eigenvalue weighted by Gasteiger charge is 2.17. The van der Waals surface area contributed by atoms with Crippen LogP contribution in [-0.2, 0) is 6.42 Å². The first-order chi connectivity index (χ1) is 10.3. The van der Waals surface area contributed by atoms with Crippen molar-refractivity contribution < 1.29 is 9.90 Å². The van der Waals surface area contributed by atoms with E-state index in [1.807, 2.05) is 48.5 Å². The summed E-state index contributed by atoms with van der Waals surface area (Å²) in [4.78, 5) is 11.9. The Morgan fingerprint density at radius 3 is 2.29 bits per heavy atom. The lowest BCUT2D eigenvalue weighted by atomic mass is 10.0. The Morgan fingerprint density at radius 2 is 1.67 bits per heavy atom. The monoisotopic (exact) mass is 301 g/mol. The van der Waals surface area contributed by atoms with E-state index in [-0.39, 0.29) is 17.1 Å². The van der Waals surface area contributed by atoms with Crippen LogP contribution in [0.1, 0.15) is 16.4 Å². The molecule has 0 spiro atoms. The van der Waals surface area contributed by atoms with Gasteiger partial charge >= 0.3 is 0 Å². The molecule has 0 saturated carbocycles. The highest BCUT2D eigenvalue weighted by molar-refractivity contribution is 8.13. The molecule has 4 heteroatoms. The van der Waals surface area contributed by atoms with Crippen molar-refractivity contribution >= 4 is 17.0 Å². The molecule has 2 rings (SSSR count). The molecule has 0 bridgehead atoms. The molecule has 3 nitrogen and oxygen atoms in total. The van der Waals surface area contributed by atoms with E-state index >= 15 is 0 Å². The Balaban J connectivity index is 2.09. The lowest BCUT2D eigenvalue weighted by Gasteiger charge is -2.16. The SMILES string of the molecule is O=C(NCCO)SC(Cc1ccccc1)c1ccccc1. The zero-order valence-corrected chi connectivity index (χ0v) is 12.6. The highest BCUT2D eigenvalue weighted by atomic mass is 32.2. The summed E-state index contributed by atoms with van der Waals surface area (Å²) in [6.45, 7) is 0.250. The summed E-state index contributed by atoms with van der Waals surface area (Å²) < 4.78 is 0. The van der Waals surface area contributed by atoms with E-state index in [4.69, 9.17) is 5.11 Å². The maximum Gasteiger partial charge on any atom is 0.279 e. The predicted octanol–water partition coefficient (Wildman–Crippen LogP) is 3.41. The summed E-state index contributed by atoms with van der Waals surface area (Å²) >= 11 is 1.27. The van der Waals surface area contributed by atoms with E-state index in [1.54, 1.807) is 0 Å². The van der Waals surface area contributed by atoms with E-state index in [2.05, 4.69) is 17.4 Å². The number of thioether (sulfide) groups is 1. The molecule has 2 aromatic carbocycles. The molecule has 1 unspecified atom stereocenters. The maximum atomic E-state index is 11.9. The average molecular weight is 301 g/mol. The van der Waals surface area contributed by atoms with Gasteiger partial charge in [0.1, 0.15) is 0 Å². The summed E-state index contributed by atoms with van der Waals surface area (Å²) in [5, 5.41) is 11.4. The van der Waals surface area contributed by atoms with Gasteiger partial charge in [0.2, 0.25) is 0 Å². The molecular weight excluding hydrogens is 282 g/mol. The Morgan fingerprint density at radius 1 is 1.05 bits per heavy atom. The van der Waals surface area contributed by atoms with E-state index in [0.29, 0.717) is 6.54 Å². The fourth-order valence-corrected chi connectivity index (χ4v) is 3.07. The van der Waals surface area contributed by atoms with Crippen molar-refractivity contribution in [3.05, 3.63) is 71.8 Å². The Kier molecular flexibility index (Phi) is 6.31. The molecule has 0 radical (unpaired) electrons. The minimum absolute atomic E-state index is 0.0407. The Hall–Kier alpha value is -1.78. The lowest BCUT2D eigenvalue weighted by molar-refractivity contribution is 0.252. The van der Waals surface area contributed by atoms with Crippen molar-refractivity contribution in [1.82, 2.24) is 5.32 Å². The lowest BCUT2D eigenvalue weighted by Crippen LogP contribution is -2.23. The maximum absolute atomic E-state index is 11.9. The summed E-state index contributed by atoms with van der Waals surface area (Å²) in [7, 11) is 0. The largest absolute Gasteiger partial charge is 0.395 e. The third kappa shape index (κ3) is 5.25. The van der Waals surface area contributed by atoms with Crippen molar-refractivity contribution in [2.45, 2.75) is 11.7 Å². The predicted molar refractivity (Wildman–Crippen MR) is 87.4 cm³/mol. The van der Waals surface area contributed by atoms with Gasteiger partial charge in [-0.2, -0.15) is 0 Å². The van der Waals surface area contributed by atoms with Crippen molar-refractivity contribution in [3.8, 4) is 0 Å². The number of aliphatic hydroxyl groups excluding tert-OH is 1. The molecule has 0 fully saturated rings. The molecule has 1 amide bonds. The van der Waals surface area contributed by atoms with Gasteiger partial charge in [0.15, 0.2) is 0 Å². The zero-order valence-electron chi connectivity index (χ0n) is 11.7. The molecule has 0 saturated heterocycles. The van der Waals surface area contributed by atoms with Crippen molar-refractivity contribution in [3.63, 3.8) is 0 Å². The quantitative estimate of drug-likeness (QED) is 0.859. The first kappa shape index (κ1) is 15.6. The van der Waals surface area contributed by atoms with Gasteiger partial charge in [-0.15, -0.1) is 0 Å². The highest BCUT2D eigenvalue weighted by Crippen LogP contribution is 2.32. The molecule has 0 aliphatic heterocycles. The van der Waals surface area contributed by atoms with Gasteiger partial charge in [0, 0.05) is 11.8 Å². The van der Waals surface area contributed by atoms with Crippen LogP contribution in [0.2, 0.25) is 0 Å². The molecule has 0 aliphatic carbocycles. The van der Waals surface area contributed by atoms with Gasteiger partial charge in [-0.3, -0.25) is 4.79 Å². The van der Waals surface area contributed by atoms with Gasteiger partial charge < -0.3 is 10.4 Å². The molecule has 0 heterocycles. The standard InChI is InChI=1S/C17H19NO2S/c19-12-11-18-17(20)21-16(15-9-5-2-6-10-15)13-14-7-3-1-4-8-14/h1-10,16,19H,11-13H2,(H,18,20). The number of hydrogen-bond donors (Lipinski definition) is 2. The van der Waals surface area contributed by atoms with Gasteiger partial charge in [0.05, 0.1) is 6.61 Å². The number of rotatable bonds is 6. The van der Waals surface area contributed by atoms with E-state index < -0.39 is 0 Å². The van der Waals surface area contributed by atoms with Crippen LogP contribution in [0.25, 0.3) is 0 Å². The number of hydrogen-bond acceptors (Lipinski definition) is 3. The summed E-state index contributed by atoms with van der Waals surface area (Å²) in [6, 6.07) is 20.2.